The highest BCUT2D eigenvalue weighted by Gasteiger charge is 2.28. The van der Waals surface area contributed by atoms with Crippen LogP contribution in [-0.4, -0.2) is 48.9 Å². The Morgan fingerprint density at radius 2 is 1.69 bits per heavy atom. The Hall–Kier alpha value is -1.41. The van der Waals surface area contributed by atoms with Gasteiger partial charge in [0, 0.05) is 42.8 Å². The van der Waals surface area contributed by atoms with Crippen molar-refractivity contribution in [2.24, 2.45) is 0 Å². The van der Waals surface area contributed by atoms with E-state index in [1.807, 2.05) is 26.0 Å². The number of halogens is 1. The summed E-state index contributed by atoms with van der Waals surface area (Å²) in [4.78, 5) is 2.49. The molecule has 0 radical (unpaired) electrons. The molecule has 0 unspecified atom stereocenters. The van der Waals surface area contributed by atoms with Crippen molar-refractivity contribution < 1.29 is 13.5 Å². The number of nitrogens with zero attached hydrogens (tertiary/aromatic N) is 2. The van der Waals surface area contributed by atoms with Crippen LogP contribution >= 0.6 is 15.9 Å². The first-order valence-corrected chi connectivity index (χ1v) is 10.8. The summed E-state index contributed by atoms with van der Waals surface area (Å²) in [5.74, 6) is 0.303. The average Bonchev–Trinajstić information content (AvgIpc) is 2.60. The van der Waals surface area contributed by atoms with Gasteiger partial charge in [-0.25, -0.2) is 8.42 Å². The fourth-order valence-corrected chi connectivity index (χ4v) is 5.15. The molecule has 7 heteroatoms. The van der Waals surface area contributed by atoms with Crippen molar-refractivity contribution in [1.82, 2.24) is 9.21 Å². The number of benzene rings is 2. The second-order valence-corrected chi connectivity index (χ2v) is 9.56. The minimum absolute atomic E-state index is 0.303. The van der Waals surface area contributed by atoms with Gasteiger partial charge in [-0.1, -0.05) is 28.1 Å². The summed E-state index contributed by atoms with van der Waals surface area (Å²) in [6.45, 7) is 6.79. The molecule has 0 atom stereocenters. The fourth-order valence-electron chi connectivity index (χ4n) is 3.13. The number of sulfonamides is 1. The smallest absolute Gasteiger partial charge is 0.243 e. The largest absolute Gasteiger partial charge is 0.508 e. The summed E-state index contributed by atoms with van der Waals surface area (Å²) < 4.78 is 27.9. The van der Waals surface area contributed by atoms with E-state index in [4.69, 9.17) is 0 Å². The molecule has 2 aromatic carbocycles. The van der Waals surface area contributed by atoms with Crippen molar-refractivity contribution in [3.8, 4) is 5.75 Å². The molecule has 3 rings (SSSR count). The Bertz CT molecular complexity index is 907. The maximum absolute atomic E-state index is 12.8. The minimum atomic E-state index is -3.47. The normalized spacial score (nSPS) is 16.7. The number of hydrogen-bond acceptors (Lipinski definition) is 4. The topological polar surface area (TPSA) is 60.9 Å². The lowest BCUT2D eigenvalue weighted by molar-refractivity contribution is 0.180. The van der Waals surface area contributed by atoms with Gasteiger partial charge in [-0.05, 0) is 49.2 Å². The molecule has 0 aromatic heterocycles. The standard InChI is InChI=1S/C19H23BrN2O3S/c1-14-10-16(19(23)11-15(14)2)13-21-6-8-22(9-7-21)26(24,25)18-5-3-4-17(20)12-18/h3-5,10-12,23H,6-9,13H2,1-2H3. The molecule has 1 aliphatic heterocycles. The van der Waals surface area contributed by atoms with E-state index in [0.29, 0.717) is 43.4 Å². The molecular weight excluding hydrogens is 416 g/mol. The van der Waals surface area contributed by atoms with E-state index in [-0.39, 0.29) is 0 Å². The van der Waals surface area contributed by atoms with Crippen LogP contribution in [0.3, 0.4) is 0 Å². The van der Waals surface area contributed by atoms with Crippen molar-refractivity contribution in [2.75, 3.05) is 26.2 Å². The summed E-state index contributed by atoms with van der Waals surface area (Å²) in [5, 5.41) is 10.2. The molecule has 2 aromatic rings. The molecule has 1 N–H and O–H groups in total. The molecule has 0 spiro atoms. The zero-order chi connectivity index (χ0) is 18.9. The van der Waals surface area contributed by atoms with Crippen LogP contribution in [0.25, 0.3) is 0 Å². The Kier molecular flexibility index (Phi) is 5.72. The summed E-state index contributed by atoms with van der Waals surface area (Å²) in [6.07, 6.45) is 0. The molecule has 1 heterocycles. The third-order valence-corrected chi connectivity index (χ3v) is 7.24. The number of aryl methyl sites for hydroxylation is 2. The molecule has 0 saturated carbocycles. The van der Waals surface area contributed by atoms with E-state index < -0.39 is 10.0 Å². The first-order chi connectivity index (χ1) is 12.3. The summed E-state index contributed by atoms with van der Waals surface area (Å²) in [7, 11) is -3.47. The molecule has 1 fully saturated rings. The lowest BCUT2D eigenvalue weighted by Gasteiger charge is -2.34. The highest BCUT2D eigenvalue weighted by molar-refractivity contribution is 9.10. The van der Waals surface area contributed by atoms with E-state index in [1.165, 1.54) is 4.31 Å². The molecule has 5 nitrogen and oxygen atoms in total. The van der Waals surface area contributed by atoms with Gasteiger partial charge in [0.2, 0.25) is 10.0 Å². The molecule has 140 valence electrons. The zero-order valence-corrected chi connectivity index (χ0v) is 17.3. The average molecular weight is 439 g/mol. The molecule has 1 saturated heterocycles. The first-order valence-electron chi connectivity index (χ1n) is 8.54. The quantitative estimate of drug-likeness (QED) is 0.795. The molecule has 1 aliphatic rings. The van der Waals surface area contributed by atoms with Crippen LogP contribution in [0.15, 0.2) is 45.8 Å². The van der Waals surface area contributed by atoms with Gasteiger partial charge in [0.1, 0.15) is 5.75 Å². The maximum atomic E-state index is 12.8. The third kappa shape index (κ3) is 4.11. The molecule has 26 heavy (non-hydrogen) atoms. The Morgan fingerprint density at radius 1 is 1.04 bits per heavy atom. The maximum Gasteiger partial charge on any atom is 0.243 e. The van der Waals surface area contributed by atoms with Crippen LogP contribution < -0.4 is 0 Å². The Balaban J connectivity index is 1.67. The van der Waals surface area contributed by atoms with Crippen molar-refractivity contribution in [3.63, 3.8) is 0 Å². The van der Waals surface area contributed by atoms with Gasteiger partial charge in [-0.15, -0.1) is 0 Å². The van der Waals surface area contributed by atoms with Crippen molar-refractivity contribution in [2.45, 2.75) is 25.3 Å². The SMILES string of the molecule is Cc1cc(O)c(CN2CCN(S(=O)(=O)c3cccc(Br)c3)CC2)cc1C. The first kappa shape index (κ1) is 19.4. The highest BCUT2D eigenvalue weighted by Crippen LogP contribution is 2.25. The number of hydrogen-bond donors (Lipinski definition) is 1. The van der Waals surface area contributed by atoms with Gasteiger partial charge >= 0.3 is 0 Å². The number of piperazine rings is 1. The summed E-state index contributed by atoms with van der Waals surface area (Å²) in [6, 6.07) is 10.6. The van der Waals surface area contributed by atoms with Gasteiger partial charge < -0.3 is 5.11 Å². The van der Waals surface area contributed by atoms with Crippen molar-refractivity contribution >= 4 is 26.0 Å². The van der Waals surface area contributed by atoms with Crippen molar-refractivity contribution in [3.05, 3.63) is 57.6 Å². The minimum Gasteiger partial charge on any atom is -0.508 e. The second kappa shape index (κ2) is 7.68. The van der Waals surface area contributed by atoms with Gasteiger partial charge in [-0.3, -0.25) is 4.90 Å². The van der Waals surface area contributed by atoms with Gasteiger partial charge in [0.05, 0.1) is 4.90 Å². The molecule has 0 aliphatic carbocycles. The van der Waals surface area contributed by atoms with Crippen LogP contribution in [0.2, 0.25) is 0 Å². The predicted molar refractivity (Wildman–Crippen MR) is 106 cm³/mol. The van der Waals surface area contributed by atoms with E-state index in [1.54, 1.807) is 24.3 Å². The lowest BCUT2D eigenvalue weighted by Crippen LogP contribution is -2.48. The Morgan fingerprint density at radius 3 is 2.35 bits per heavy atom. The van der Waals surface area contributed by atoms with E-state index in [0.717, 1.165) is 21.2 Å². The number of phenols is 1. The number of phenolic OH excluding ortho intramolecular Hbond substituents is 1. The number of rotatable bonds is 4. The van der Waals surface area contributed by atoms with Crippen LogP contribution in [0.5, 0.6) is 5.75 Å². The van der Waals surface area contributed by atoms with Crippen LogP contribution in [0.1, 0.15) is 16.7 Å². The Labute approximate surface area is 163 Å². The highest BCUT2D eigenvalue weighted by atomic mass is 79.9. The van der Waals surface area contributed by atoms with E-state index in [2.05, 4.69) is 20.8 Å². The molecular formula is C19H23BrN2O3S. The second-order valence-electron chi connectivity index (χ2n) is 6.70. The third-order valence-electron chi connectivity index (χ3n) is 4.85. The van der Waals surface area contributed by atoms with Gasteiger partial charge in [0.25, 0.3) is 0 Å². The van der Waals surface area contributed by atoms with Gasteiger partial charge in [0.15, 0.2) is 0 Å². The molecule has 0 amide bonds. The van der Waals surface area contributed by atoms with Crippen LogP contribution in [0, 0.1) is 13.8 Å². The fraction of sp³-hybridized carbons (Fsp3) is 0.368. The van der Waals surface area contributed by atoms with E-state index in [9.17, 15) is 13.5 Å². The monoisotopic (exact) mass is 438 g/mol. The van der Waals surface area contributed by atoms with Crippen LogP contribution in [-0.2, 0) is 16.6 Å². The molecule has 0 bridgehead atoms. The summed E-state index contributed by atoms with van der Waals surface area (Å²) in [5.41, 5.74) is 3.10. The predicted octanol–water partition coefficient (Wildman–Crippen LogP) is 3.28. The number of aromatic hydroxyl groups is 1. The zero-order valence-electron chi connectivity index (χ0n) is 14.9. The van der Waals surface area contributed by atoms with Crippen LogP contribution in [0.4, 0.5) is 0 Å². The summed E-state index contributed by atoms with van der Waals surface area (Å²) >= 11 is 3.33. The van der Waals surface area contributed by atoms with E-state index >= 15 is 0 Å². The lowest BCUT2D eigenvalue weighted by atomic mass is 10.0. The van der Waals surface area contributed by atoms with Gasteiger partial charge in [-0.2, -0.15) is 4.31 Å². The van der Waals surface area contributed by atoms with Crippen molar-refractivity contribution in [1.29, 1.82) is 0 Å².